The molecule has 0 aliphatic heterocycles. The fourth-order valence-electron chi connectivity index (χ4n) is 1.64. The van der Waals surface area contributed by atoms with E-state index in [-0.39, 0.29) is 5.04 Å². The van der Waals surface area contributed by atoms with Crippen molar-refractivity contribution in [3.63, 3.8) is 0 Å². The first-order valence-electron chi connectivity index (χ1n) is 6.06. The molecule has 0 spiro atoms. The zero-order valence-corrected chi connectivity index (χ0v) is 12.5. The van der Waals surface area contributed by atoms with Crippen LogP contribution in [-0.4, -0.2) is 8.32 Å². The van der Waals surface area contributed by atoms with Crippen molar-refractivity contribution >= 4 is 19.1 Å². The summed E-state index contributed by atoms with van der Waals surface area (Å²) in [4.78, 5) is 23.0. The molecule has 0 heterocycles. The largest absolute Gasteiger partial charge is 0.543 e. The number of benzene rings is 1. The van der Waals surface area contributed by atoms with E-state index in [1.165, 1.54) is 0 Å². The van der Waals surface area contributed by atoms with Crippen molar-refractivity contribution in [2.75, 3.05) is 0 Å². The lowest BCUT2D eigenvalue weighted by Crippen LogP contribution is -2.44. The molecule has 3 nitrogen and oxygen atoms in total. The topological polar surface area (TPSA) is 43.4 Å². The predicted molar refractivity (Wildman–Crippen MR) is 76.7 cm³/mol. The minimum absolute atomic E-state index is 0.0620. The normalized spacial score (nSPS) is 13.2. The lowest BCUT2D eigenvalue weighted by Gasteiger charge is -2.36. The lowest BCUT2D eigenvalue weighted by atomic mass is 10.1. The highest BCUT2D eigenvalue weighted by atomic mass is 28.4. The third-order valence-electron chi connectivity index (χ3n) is 3.88. The zero-order chi connectivity index (χ0) is 13.7. The van der Waals surface area contributed by atoms with Crippen molar-refractivity contribution in [3.8, 4) is 5.75 Å². The Morgan fingerprint density at radius 3 is 2.22 bits per heavy atom. The molecule has 0 bridgehead atoms. The number of fused-ring (bicyclic) bond motifs is 1. The Balaban J connectivity index is 2.49. The third-order valence-corrected chi connectivity index (χ3v) is 8.22. The van der Waals surface area contributed by atoms with Crippen LogP contribution in [0.2, 0.25) is 18.1 Å². The monoisotopic (exact) mass is 262 g/mol. The summed E-state index contributed by atoms with van der Waals surface area (Å²) in [6, 6.07) is 5.23. The highest BCUT2D eigenvalue weighted by molar-refractivity contribution is 6.74. The van der Waals surface area contributed by atoms with Gasteiger partial charge in [-0.15, -0.1) is 0 Å². The molecule has 0 atom stereocenters. The van der Waals surface area contributed by atoms with Gasteiger partial charge in [0.15, 0.2) is 0 Å². The summed E-state index contributed by atoms with van der Waals surface area (Å²) in [5, 5.41) is 1.02. The van der Waals surface area contributed by atoms with Gasteiger partial charge in [-0.05, 0) is 30.3 Å². The Morgan fingerprint density at radius 2 is 1.67 bits per heavy atom. The van der Waals surface area contributed by atoms with Crippen molar-refractivity contribution in [1.29, 1.82) is 0 Å². The maximum atomic E-state index is 11.6. The van der Waals surface area contributed by atoms with Crippen LogP contribution in [0.15, 0.2) is 27.8 Å². The van der Waals surface area contributed by atoms with Crippen LogP contribution in [0.3, 0.4) is 0 Å². The first-order valence-corrected chi connectivity index (χ1v) is 8.97. The van der Waals surface area contributed by atoms with Gasteiger partial charge in [0.05, 0.1) is 5.39 Å². The lowest BCUT2D eigenvalue weighted by molar-refractivity contribution is 0.496. The maximum Gasteiger partial charge on any atom is 0.250 e. The van der Waals surface area contributed by atoms with Crippen LogP contribution in [0.25, 0.3) is 10.8 Å². The molecule has 0 fully saturated rings. The second-order valence-corrected chi connectivity index (χ2v) is 10.9. The summed E-state index contributed by atoms with van der Waals surface area (Å²) in [7, 11) is -1.98. The van der Waals surface area contributed by atoms with Crippen LogP contribution in [0.5, 0.6) is 5.75 Å². The molecule has 4 heteroatoms. The molecule has 0 radical (unpaired) electrons. The smallest absolute Gasteiger partial charge is 0.250 e. The van der Waals surface area contributed by atoms with Crippen LogP contribution >= 0.6 is 0 Å². The number of hydrogen-bond donors (Lipinski definition) is 0. The van der Waals surface area contributed by atoms with Crippen LogP contribution in [0.1, 0.15) is 20.8 Å². The minimum Gasteiger partial charge on any atom is -0.543 e. The molecule has 2 aromatic rings. The molecule has 2 rings (SSSR count). The fraction of sp³-hybridized carbons (Fsp3) is 0.429. The van der Waals surface area contributed by atoms with E-state index in [1.54, 1.807) is 18.2 Å². The summed E-state index contributed by atoms with van der Waals surface area (Å²) < 4.78 is 6.11. The summed E-state index contributed by atoms with van der Waals surface area (Å²) in [5.74, 6) is 0.573. The van der Waals surface area contributed by atoms with Crippen molar-refractivity contribution in [2.24, 2.45) is 0 Å². The molecule has 0 aliphatic rings. The highest BCUT2D eigenvalue weighted by Gasteiger charge is 2.39. The Bertz CT molecular complexity index is 670. The zero-order valence-electron chi connectivity index (χ0n) is 11.5. The second-order valence-electron chi connectivity index (χ2n) is 6.20. The van der Waals surface area contributed by atoms with Gasteiger partial charge in [-0.2, -0.15) is 0 Å². The summed E-state index contributed by atoms with van der Waals surface area (Å²) in [6.45, 7) is 10.7. The molecule has 0 aromatic heterocycles. The number of rotatable bonds is 2. The van der Waals surface area contributed by atoms with Crippen LogP contribution in [0, 0.1) is 0 Å². The van der Waals surface area contributed by atoms with Gasteiger partial charge in [0.2, 0.25) is 10.9 Å². The van der Waals surface area contributed by atoms with E-state index in [4.69, 9.17) is 4.43 Å². The van der Waals surface area contributed by atoms with E-state index >= 15 is 0 Å². The SMILES string of the molecule is CC(C)(C)[Si](C)(C)Oc1cccc2c(=O)c(=O)c12. The quantitative estimate of drug-likeness (QED) is 0.617. The second kappa shape index (κ2) is 3.78. The molecule has 0 amide bonds. The summed E-state index contributed by atoms with van der Waals surface area (Å²) in [5.41, 5.74) is -0.815. The minimum atomic E-state index is -1.98. The van der Waals surface area contributed by atoms with Gasteiger partial charge in [0.1, 0.15) is 5.75 Å². The average molecular weight is 262 g/mol. The molecule has 0 saturated heterocycles. The van der Waals surface area contributed by atoms with E-state index in [2.05, 4.69) is 33.9 Å². The van der Waals surface area contributed by atoms with Crippen molar-refractivity contribution < 1.29 is 4.43 Å². The van der Waals surface area contributed by atoms with Gasteiger partial charge < -0.3 is 4.43 Å². The predicted octanol–water partition coefficient (Wildman–Crippen LogP) is 2.82. The molecular formula is C14H18O3Si. The van der Waals surface area contributed by atoms with Gasteiger partial charge in [-0.3, -0.25) is 9.59 Å². The van der Waals surface area contributed by atoms with Crippen molar-refractivity contribution in [3.05, 3.63) is 38.6 Å². The first-order chi connectivity index (χ1) is 8.15. The summed E-state index contributed by atoms with van der Waals surface area (Å²) >= 11 is 0. The molecule has 0 aliphatic carbocycles. The van der Waals surface area contributed by atoms with E-state index in [9.17, 15) is 9.59 Å². The van der Waals surface area contributed by atoms with Crippen LogP contribution < -0.4 is 15.3 Å². The van der Waals surface area contributed by atoms with E-state index in [1.807, 2.05) is 0 Å². The van der Waals surface area contributed by atoms with Crippen LogP contribution in [0.4, 0.5) is 0 Å². The standard InChI is InChI=1S/C14H18O3Si/c1-14(2,3)18(4,5)17-10-8-6-7-9-11(10)13(16)12(9)15/h6-8H,1-5H3. The Labute approximate surface area is 107 Å². The van der Waals surface area contributed by atoms with Gasteiger partial charge in [0.25, 0.3) is 8.32 Å². The van der Waals surface area contributed by atoms with E-state index < -0.39 is 19.2 Å². The van der Waals surface area contributed by atoms with E-state index in [0.717, 1.165) is 0 Å². The van der Waals surface area contributed by atoms with Gasteiger partial charge in [0, 0.05) is 5.39 Å². The molecular weight excluding hydrogens is 244 g/mol. The Kier molecular flexibility index (Phi) is 2.74. The molecule has 0 saturated carbocycles. The Morgan fingerprint density at radius 1 is 1.06 bits per heavy atom. The van der Waals surface area contributed by atoms with Gasteiger partial charge >= 0.3 is 0 Å². The first kappa shape index (κ1) is 13.0. The average Bonchev–Trinajstić information content (AvgIpc) is 2.25. The van der Waals surface area contributed by atoms with Gasteiger partial charge in [-0.1, -0.05) is 26.8 Å². The molecule has 0 N–H and O–H groups in total. The van der Waals surface area contributed by atoms with Crippen LogP contribution in [-0.2, 0) is 0 Å². The van der Waals surface area contributed by atoms with E-state index in [0.29, 0.717) is 16.5 Å². The third kappa shape index (κ3) is 1.81. The highest BCUT2D eigenvalue weighted by Crippen LogP contribution is 2.38. The summed E-state index contributed by atoms with van der Waals surface area (Å²) in [6.07, 6.45) is 0. The molecule has 2 aromatic carbocycles. The Hall–Kier alpha value is -1.42. The molecule has 18 heavy (non-hydrogen) atoms. The van der Waals surface area contributed by atoms with Gasteiger partial charge in [-0.25, -0.2) is 0 Å². The molecule has 0 unspecified atom stereocenters. The van der Waals surface area contributed by atoms with Crippen molar-refractivity contribution in [1.82, 2.24) is 0 Å². The fourth-order valence-corrected chi connectivity index (χ4v) is 2.67. The maximum absolute atomic E-state index is 11.6. The molecule has 96 valence electrons. The van der Waals surface area contributed by atoms with Crippen molar-refractivity contribution in [2.45, 2.75) is 38.9 Å². The number of hydrogen-bond acceptors (Lipinski definition) is 3.